The van der Waals surface area contributed by atoms with Gasteiger partial charge in [0.1, 0.15) is 5.75 Å². The first kappa shape index (κ1) is 14.9. The minimum absolute atomic E-state index is 0.0505. The standard InChI is InChI=1S/C17H24O3/c1-4-9-20-15-7-5-13(6-8-15)12(2)10-14-11-16(14)17(18)19-3/h5-8,12,14,16H,4,9-11H2,1-3H3. The van der Waals surface area contributed by atoms with Crippen molar-refractivity contribution >= 4 is 5.97 Å². The summed E-state index contributed by atoms with van der Waals surface area (Å²) in [5, 5.41) is 0. The fraction of sp³-hybridized carbons (Fsp3) is 0.588. The molecule has 1 saturated carbocycles. The second-order valence-corrected chi connectivity index (χ2v) is 5.68. The zero-order valence-corrected chi connectivity index (χ0v) is 12.6. The van der Waals surface area contributed by atoms with E-state index in [1.54, 1.807) is 0 Å². The Kier molecular flexibility index (Phi) is 5.05. The Hall–Kier alpha value is -1.51. The Morgan fingerprint density at radius 2 is 2.05 bits per heavy atom. The lowest BCUT2D eigenvalue weighted by molar-refractivity contribution is -0.142. The van der Waals surface area contributed by atoms with Crippen LogP contribution in [0.4, 0.5) is 0 Å². The topological polar surface area (TPSA) is 35.5 Å². The quantitative estimate of drug-likeness (QED) is 0.711. The maximum absolute atomic E-state index is 11.4. The van der Waals surface area contributed by atoms with Gasteiger partial charge in [0.2, 0.25) is 0 Å². The number of ether oxygens (including phenoxy) is 2. The zero-order chi connectivity index (χ0) is 14.5. The van der Waals surface area contributed by atoms with E-state index < -0.39 is 0 Å². The molecule has 0 radical (unpaired) electrons. The van der Waals surface area contributed by atoms with E-state index >= 15 is 0 Å². The van der Waals surface area contributed by atoms with Crippen molar-refractivity contribution in [2.24, 2.45) is 11.8 Å². The largest absolute Gasteiger partial charge is 0.494 e. The van der Waals surface area contributed by atoms with E-state index in [0.29, 0.717) is 11.8 Å². The molecule has 1 aromatic carbocycles. The molecule has 110 valence electrons. The summed E-state index contributed by atoms with van der Waals surface area (Å²) in [5.74, 6) is 1.98. The summed E-state index contributed by atoms with van der Waals surface area (Å²) in [6.45, 7) is 5.08. The molecule has 3 unspecified atom stereocenters. The molecule has 0 aliphatic heterocycles. The van der Waals surface area contributed by atoms with Crippen LogP contribution in [0.1, 0.15) is 44.6 Å². The molecule has 0 spiro atoms. The SMILES string of the molecule is CCCOc1ccc(C(C)CC2CC2C(=O)OC)cc1. The van der Waals surface area contributed by atoms with Crippen LogP contribution in [0.3, 0.4) is 0 Å². The molecular formula is C17H24O3. The lowest BCUT2D eigenvalue weighted by Gasteiger charge is -2.12. The van der Waals surface area contributed by atoms with Crippen molar-refractivity contribution in [1.82, 2.24) is 0 Å². The molecule has 3 heteroatoms. The summed E-state index contributed by atoms with van der Waals surface area (Å²) in [6, 6.07) is 8.33. The van der Waals surface area contributed by atoms with Gasteiger partial charge < -0.3 is 9.47 Å². The Balaban J connectivity index is 1.84. The van der Waals surface area contributed by atoms with Crippen molar-refractivity contribution in [3.63, 3.8) is 0 Å². The Bertz CT molecular complexity index is 438. The maximum atomic E-state index is 11.4. The molecule has 0 amide bonds. The molecule has 1 fully saturated rings. The van der Waals surface area contributed by atoms with Crippen LogP contribution in [0.5, 0.6) is 5.75 Å². The predicted octanol–water partition coefficient (Wildman–Crippen LogP) is 3.78. The van der Waals surface area contributed by atoms with Gasteiger partial charge >= 0.3 is 5.97 Å². The Labute approximate surface area is 121 Å². The van der Waals surface area contributed by atoms with Gasteiger partial charge in [-0.2, -0.15) is 0 Å². The van der Waals surface area contributed by atoms with Crippen LogP contribution in [0.15, 0.2) is 24.3 Å². The third-order valence-electron chi connectivity index (χ3n) is 4.00. The predicted molar refractivity (Wildman–Crippen MR) is 78.9 cm³/mol. The molecule has 20 heavy (non-hydrogen) atoms. The van der Waals surface area contributed by atoms with E-state index in [-0.39, 0.29) is 11.9 Å². The molecule has 0 saturated heterocycles. The van der Waals surface area contributed by atoms with E-state index in [1.807, 2.05) is 12.1 Å². The summed E-state index contributed by atoms with van der Waals surface area (Å²) in [6.07, 6.45) is 3.05. The van der Waals surface area contributed by atoms with Crippen LogP contribution in [-0.2, 0) is 9.53 Å². The van der Waals surface area contributed by atoms with Crippen molar-refractivity contribution in [2.75, 3.05) is 13.7 Å². The van der Waals surface area contributed by atoms with Gasteiger partial charge in [-0.15, -0.1) is 0 Å². The Morgan fingerprint density at radius 1 is 1.35 bits per heavy atom. The average molecular weight is 276 g/mol. The Morgan fingerprint density at radius 3 is 2.65 bits per heavy atom. The molecule has 0 heterocycles. The molecule has 1 aliphatic carbocycles. The number of hydrogen-bond acceptors (Lipinski definition) is 3. The molecule has 0 bridgehead atoms. The summed E-state index contributed by atoms with van der Waals surface area (Å²) < 4.78 is 10.4. The first-order valence-corrected chi connectivity index (χ1v) is 7.46. The highest BCUT2D eigenvalue weighted by Gasteiger charge is 2.44. The highest BCUT2D eigenvalue weighted by atomic mass is 16.5. The fourth-order valence-electron chi connectivity index (χ4n) is 2.65. The number of carbonyl (C=O) groups excluding carboxylic acids is 1. The van der Waals surface area contributed by atoms with Crippen LogP contribution in [0, 0.1) is 11.8 Å². The van der Waals surface area contributed by atoms with Crippen molar-refractivity contribution in [3.8, 4) is 5.75 Å². The molecule has 1 aliphatic rings. The van der Waals surface area contributed by atoms with Crippen molar-refractivity contribution < 1.29 is 14.3 Å². The second kappa shape index (κ2) is 6.78. The molecule has 2 rings (SSSR count). The monoisotopic (exact) mass is 276 g/mol. The van der Waals surface area contributed by atoms with E-state index in [1.165, 1.54) is 12.7 Å². The van der Waals surface area contributed by atoms with Gasteiger partial charge in [-0.1, -0.05) is 26.0 Å². The van der Waals surface area contributed by atoms with Gasteiger partial charge in [0.25, 0.3) is 0 Å². The number of esters is 1. The molecule has 3 nitrogen and oxygen atoms in total. The van der Waals surface area contributed by atoms with Gasteiger partial charge in [0.05, 0.1) is 19.6 Å². The van der Waals surface area contributed by atoms with Gasteiger partial charge in [-0.25, -0.2) is 0 Å². The highest BCUT2D eigenvalue weighted by molar-refractivity contribution is 5.75. The molecule has 0 aromatic heterocycles. The molecule has 3 atom stereocenters. The third kappa shape index (κ3) is 3.75. The normalized spacial score (nSPS) is 22.1. The summed E-state index contributed by atoms with van der Waals surface area (Å²) >= 11 is 0. The third-order valence-corrected chi connectivity index (χ3v) is 4.00. The van der Waals surface area contributed by atoms with E-state index in [0.717, 1.165) is 31.6 Å². The molecular weight excluding hydrogens is 252 g/mol. The van der Waals surface area contributed by atoms with E-state index in [4.69, 9.17) is 9.47 Å². The van der Waals surface area contributed by atoms with Crippen LogP contribution >= 0.6 is 0 Å². The summed E-state index contributed by atoms with van der Waals surface area (Å²) in [5.41, 5.74) is 1.31. The van der Waals surface area contributed by atoms with E-state index in [2.05, 4.69) is 26.0 Å². The van der Waals surface area contributed by atoms with Gasteiger partial charge in [-0.3, -0.25) is 4.79 Å². The average Bonchev–Trinajstić information content (AvgIpc) is 3.24. The molecule has 0 N–H and O–H groups in total. The summed E-state index contributed by atoms with van der Waals surface area (Å²) in [7, 11) is 1.47. The second-order valence-electron chi connectivity index (χ2n) is 5.68. The van der Waals surface area contributed by atoms with Gasteiger partial charge in [0, 0.05) is 0 Å². The van der Waals surface area contributed by atoms with Crippen LogP contribution in [0.25, 0.3) is 0 Å². The van der Waals surface area contributed by atoms with Crippen molar-refractivity contribution in [2.45, 2.75) is 39.0 Å². The zero-order valence-electron chi connectivity index (χ0n) is 12.6. The van der Waals surface area contributed by atoms with Crippen molar-refractivity contribution in [1.29, 1.82) is 0 Å². The first-order chi connectivity index (χ1) is 9.65. The minimum atomic E-state index is -0.0505. The lowest BCUT2D eigenvalue weighted by Crippen LogP contribution is -2.05. The fourth-order valence-corrected chi connectivity index (χ4v) is 2.65. The minimum Gasteiger partial charge on any atom is -0.494 e. The summed E-state index contributed by atoms with van der Waals surface area (Å²) in [4.78, 5) is 11.4. The highest BCUT2D eigenvalue weighted by Crippen LogP contribution is 2.45. The van der Waals surface area contributed by atoms with Crippen LogP contribution < -0.4 is 4.74 Å². The van der Waals surface area contributed by atoms with Crippen LogP contribution in [-0.4, -0.2) is 19.7 Å². The van der Waals surface area contributed by atoms with Gasteiger partial charge in [0.15, 0.2) is 0 Å². The smallest absolute Gasteiger partial charge is 0.308 e. The van der Waals surface area contributed by atoms with Gasteiger partial charge in [-0.05, 0) is 48.8 Å². The maximum Gasteiger partial charge on any atom is 0.308 e. The van der Waals surface area contributed by atoms with E-state index in [9.17, 15) is 4.79 Å². The molecule has 1 aromatic rings. The lowest BCUT2D eigenvalue weighted by atomic mass is 9.95. The van der Waals surface area contributed by atoms with Crippen LogP contribution in [0.2, 0.25) is 0 Å². The number of benzene rings is 1. The van der Waals surface area contributed by atoms with Crippen molar-refractivity contribution in [3.05, 3.63) is 29.8 Å². The first-order valence-electron chi connectivity index (χ1n) is 7.46. The number of carbonyl (C=O) groups is 1. The number of hydrogen-bond donors (Lipinski definition) is 0. The number of rotatable bonds is 7. The number of methoxy groups -OCH3 is 1.